The Balaban J connectivity index is 1.60. The van der Waals surface area contributed by atoms with Crippen molar-refractivity contribution in [1.29, 1.82) is 0 Å². The van der Waals surface area contributed by atoms with Crippen LogP contribution in [0.2, 0.25) is 0 Å². The van der Waals surface area contributed by atoms with Crippen LogP contribution in [0.15, 0.2) is 12.2 Å². The average molecular weight is 220 g/mol. The molecule has 0 radical (unpaired) electrons. The van der Waals surface area contributed by atoms with Crippen LogP contribution in [0.3, 0.4) is 0 Å². The molecule has 3 aliphatic rings. The third kappa shape index (κ3) is 2.01. The van der Waals surface area contributed by atoms with Crippen LogP contribution < -0.4 is 0 Å². The van der Waals surface area contributed by atoms with Crippen LogP contribution in [-0.2, 0) is 4.79 Å². The third-order valence-electron chi connectivity index (χ3n) is 3.97. The molecule has 1 saturated heterocycles. The minimum Gasteiger partial charge on any atom is -0.337 e. The van der Waals surface area contributed by atoms with E-state index in [0.29, 0.717) is 24.5 Å². The van der Waals surface area contributed by atoms with Crippen molar-refractivity contribution in [3.8, 4) is 0 Å². The lowest BCUT2D eigenvalue weighted by molar-refractivity contribution is -0.137. The van der Waals surface area contributed by atoms with Crippen molar-refractivity contribution >= 4 is 5.91 Å². The lowest BCUT2D eigenvalue weighted by atomic mass is 10.0. The number of amides is 1. The summed E-state index contributed by atoms with van der Waals surface area (Å²) in [6.45, 7) is 2.66. The van der Waals surface area contributed by atoms with Gasteiger partial charge in [0.2, 0.25) is 5.91 Å². The maximum absolute atomic E-state index is 12.0. The van der Waals surface area contributed by atoms with E-state index in [-0.39, 0.29) is 0 Å². The largest absolute Gasteiger partial charge is 0.337 e. The first-order chi connectivity index (χ1) is 7.84. The van der Waals surface area contributed by atoms with Crippen LogP contribution >= 0.6 is 0 Å². The summed E-state index contributed by atoms with van der Waals surface area (Å²) in [4.78, 5) is 16.4. The van der Waals surface area contributed by atoms with E-state index in [2.05, 4.69) is 22.0 Å². The first-order valence-electron chi connectivity index (χ1n) is 6.55. The lowest BCUT2D eigenvalue weighted by Crippen LogP contribution is -2.53. The van der Waals surface area contributed by atoms with Crippen molar-refractivity contribution < 1.29 is 4.79 Å². The van der Waals surface area contributed by atoms with Crippen molar-refractivity contribution in [3.05, 3.63) is 12.2 Å². The van der Waals surface area contributed by atoms with Crippen molar-refractivity contribution in [2.45, 2.75) is 44.2 Å². The monoisotopic (exact) mass is 220 g/mol. The SMILES string of the molecule is O=C1CN(C2C=CCCC2)CCN1C1CC1. The highest BCUT2D eigenvalue weighted by Gasteiger charge is 2.36. The smallest absolute Gasteiger partial charge is 0.237 e. The normalized spacial score (nSPS) is 32.1. The predicted octanol–water partition coefficient (Wildman–Crippen LogP) is 1.40. The summed E-state index contributed by atoms with van der Waals surface area (Å²) in [6.07, 6.45) is 10.7. The molecule has 16 heavy (non-hydrogen) atoms. The van der Waals surface area contributed by atoms with E-state index in [0.717, 1.165) is 13.1 Å². The summed E-state index contributed by atoms with van der Waals surface area (Å²) < 4.78 is 0. The molecule has 1 amide bonds. The highest BCUT2D eigenvalue weighted by Crippen LogP contribution is 2.29. The average Bonchev–Trinajstić information content (AvgIpc) is 3.14. The van der Waals surface area contributed by atoms with Crippen LogP contribution in [0.1, 0.15) is 32.1 Å². The Kier molecular flexibility index (Phi) is 2.72. The Hall–Kier alpha value is -0.830. The lowest BCUT2D eigenvalue weighted by Gasteiger charge is -2.38. The summed E-state index contributed by atoms with van der Waals surface area (Å²) in [5, 5.41) is 0. The number of piperazine rings is 1. The second-order valence-corrected chi connectivity index (χ2v) is 5.22. The first-order valence-corrected chi connectivity index (χ1v) is 6.55. The van der Waals surface area contributed by atoms with Gasteiger partial charge in [-0.2, -0.15) is 0 Å². The molecular weight excluding hydrogens is 200 g/mol. The Labute approximate surface area is 97.1 Å². The third-order valence-corrected chi connectivity index (χ3v) is 3.97. The zero-order chi connectivity index (χ0) is 11.0. The molecule has 0 aromatic rings. The Bertz CT molecular complexity index is 309. The summed E-state index contributed by atoms with van der Waals surface area (Å²) in [6, 6.07) is 1.12. The van der Waals surface area contributed by atoms with E-state index in [1.165, 1.54) is 32.1 Å². The summed E-state index contributed by atoms with van der Waals surface area (Å²) in [7, 11) is 0. The van der Waals surface area contributed by atoms with E-state index in [9.17, 15) is 4.79 Å². The second kappa shape index (κ2) is 4.21. The number of allylic oxidation sites excluding steroid dienone is 1. The van der Waals surface area contributed by atoms with Gasteiger partial charge in [0.1, 0.15) is 0 Å². The molecule has 3 heteroatoms. The van der Waals surface area contributed by atoms with E-state index >= 15 is 0 Å². The summed E-state index contributed by atoms with van der Waals surface area (Å²) >= 11 is 0. The van der Waals surface area contributed by atoms with Gasteiger partial charge >= 0.3 is 0 Å². The minimum absolute atomic E-state index is 0.354. The molecule has 0 spiro atoms. The fourth-order valence-electron chi connectivity index (χ4n) is 2.86. The number of hydrogen-bond donors (Lipinski definition) is 0. The fraction of sp³-hybridized carbons (Fsp3) is 0.769. The van der Waals surface area contributed by atoms with Gasteiger partial charge in [-0.1, -0.05) is 12.2 Å². The Morgan fingerprint density at radius 3 is 2.69 bits per heavy atom. The van der Waals surface area contributed by atoms with Crippen LogP contribution in [0.25, 0.3) is 0 Å². The molecule has 0 aromatic heterocycles. The molecule has 1 aliphatic heterocycles. The quantitative estimate of drug-likeness (QED) is 0.657. The van der Waals surface area contributed by atoms with Gasteiger partial charge in [0.15, 0.2) is 0 Å². The first kappa shape index (κ1) is 10.3. The van der Waals surface area contributed by atoms with Gasteiger partial charge in [0.05, 0.1) is 6.54 Å². The van der Waals surface area contributed by atoms with E-state index in [4.69, 9.17) is 0 Å². The molecule has 3 nitrogen and oxygen atoms in total. The molecule has 88 valence electrons. The van der Waals surface area contributed by atoms with Gasteiger partial charge in [-0.3, -0.25) is 9.69 Å². The number of hydrogen-bond acceptors (Lipinski definition) is 2. The van der Waals surface area contributed by atoms with Gasteiger partial charge in [-0.15, -0.1) is 0 Å². The molecule has 1 unspecified atom stereocenters. The highest BCUT2D eigenvalue weighted by molar-refractivity contribution is 5.79. The zero-order valence-corrected chi connectivity index (χ0v) is 9.77. The fourth-order valence-corrected chi connectivity index (χ4v) is 2.86. The number of nitrogens with zero attached hydrogens (tertiary/aromatic N) is 2. The van der Waals surface area contributed by atoms with Gasteiger partial charge in [0.25, 0.3) is 0 Å². The van der Waals surface area contributed by atoms with E-state index < -0.39 is 0 Å². The van der Waals surface area contributed by atoms with Gasteiger partial charge < -0.3 is 4.90 Å². The number of carbonyl (C=O) groups excluding carboxylic acids is 1. The molecule has 0 bridgehead atoms. The Morgan fingerprint density at radius 1 is 1.19 bits per heavy atom. The molecule has 2 fully saturated rings. The summed E-state index contributed by atoms with van der Waals surface area (Å²) in [5.74, 6) is 0.354. The molecule has 1 atom stereocenters. The van der Waals surface area contributed by atoms with Gasteiger partial charge in [0, 0.05) is 25.2 Å². The zero-order valence-electron chi connectivity index (χ0n) is 9.77. The summed E-state index contributed by atoms with van der Waals surface area (Å²) in [5.41, 5.74) is 0. The van der Waals surface area contributed by atoms with Gasteiger partial charge in [-0.05, 0) is 32.1 Å². The highest BCUT2D eigenvalue weighted by atomic mass is 16.2. The van der Waals surface area contributed by atoms with Crippen LogP contribution in [-0.4, -0.2) is 47.4 Å². The Morgan fingerprint density at radius 2 is 2.06 bits per heavy atom. The van der Waals surface area contributed by atoms with Gasteiger partial charge in [-0.25, -0.2) is 0 Å². The van der Waals surface area contributed by atoms with E-state index in [1.807, 2.05) is 0 Å². The molecule has 0 N–H and O–H groups in total. The standard InChI is InChI=1S/C13H20N2O/c16-13-10-14(11-4-2-1-3-5-11)8-9-15(13)12-6-7-12/h2,4,11-12H,1,3,5-10H2. The molecule has 1 saturated carbocycles. The maximum Gasteiger partial charge on any atom is 0.237 e. The van der Waals surface area contributed by atoms with Crippen molar-refractivity contribution in [2.75, 3.05) is 19.6 Å². The number of rotatable bonds is 2. The van der Waals surface area contributed by atoms with Crippen LogP contribution in [0, 0.1) is 0 Å². The molecule has 0 aromatic carbocycles. The predicted molar refractivity (Wildman–Crippen MR) is 63.1 cm³/mol. The molecule has 1 heterocycles. The van der Waals surface area contributed by atoms with Crippen molar-refractivity contribution in [1.82, 2.24) is 9.80 Å². The maximum atomic E-state index is 12.0. The molecular formula is C13H20N2O. The van der Waals surface area contributed by atoms with Crippen LogP contribution in [0.4, 0.5) is 0 Å². The minimum atomic E-state index is 0.354. The van der Waals surface area contributed by atoms with Crippen molar-refractivity contribution in [2.24, 2.45) is 0 Å². The van der Waals surface area contributed by atoms with E-state index in [1.54, 1.807) is 0 Å². The molecule has 3 rings (SSSR count). The second-order valence-electron chi connectivity index (χ2n) is 5.22. The molecule has 2 aliphatic carbocycles. The van der Waals surface area contributed by atoms with Crippen molar-refractivity contribution in [3.63, 3.8) is 0 Å². The van der Waals surface area contributed by atoms with Crippen LogP contribution in [0.5, 0.6) is 0 Å². The topological polar surface area (TPSA) is 23.6 Å². The number of carbonyl (C=O) groups is 1.